The van der Waals surface area contributed by atoms with Gasteiger partial charge in [0, 0.05) is 18.8 Å². The molecule has 2 aromatic heterocycles. The van der Waals surface area contributed by atoms with Gasteiger partial charge in [-0.1, -0.05) is 11.6 Å². The number of imidazole rings is 1. The van der Waals surface area contributed by atoms with Crippen LogP contribution in [0.25, 0.3) is 11.2 Å². The topological polar surface area (TPSA) is 34.0 Å². The van der Waals surface area contributed by atoms with Crippen LogP contribution in [0, 0.1) is 0 Å². The number of pyridine rings is 1. The smallest absolute Gasteiger partial charge is 0.160 e. The van der Waals surface area contributed by atoms with Crippen molar-refractivity contribution in [2.45, 2.75) is 38.1 Å². The number of rotatable bonds is 4. The highest BCUT2D eigenvalue weighted by molar-refractivity contribution is 6.31. The number of halogens is 2. The summed E-state index contributed by atoms with van der Waals surface area (Å²) in [6, 6.07) is 2.14. The number of likely N-dealkylation sites (tertiary alicyclic amines) is 1. The van der Waals surface area contributed by atoms with Crippen molar-refractivity contribution < 1.29 is 0 Å². The van der Waals surface area contributed by atoms with Crippen molar-refractivity contribution in [2.24, 2.45) is 0 Å². The molecule has 1 fully saturated rings. The summed E-state index contributed by atoms with van der Waals surface area (Å²) >= 11 is 12.3. The second-order valence-corrected chi connectivity index (χ2v) is 6.90. The zero-order chi connectivity index (χ0) is 15.0. The molecule has 1 aliphatic rings. The highest BCUT2D eigenvalue weighted by Gasteiger charge is 2.23. The Morgan fingerprint density at radius 2 is 2.00 bits per heavy atom. The van der Waals surface area contributed by atoms with Gasteiger partial charge in [0.15, 0.2) is 5.65 Å². The molecule has 0 spiro atoms. The van der Waals surface area contributed by atoms with E-state index in [4.69, 9.17) is 23.2 Å². The monoisotopic (exact) mass is 326 g/mol. The first-order valence-electron chi connectivity index (χ1n) is 7.46. The summed E-state index contributed by atoms with van der Waals surface area (Å²) in [6.45, 7) is 7.53. The van der Waals surface area contributed by atoms with Crippen LogP contribution in [0.1, 0.15) is 43.9 Å². The van der Waals surface area contributed by atoms with Crippen molar-refractivity contribution >= 4 is 34.4 Å². The van der Waals surface area contributed by atoms with Crippen molar-refractivity contribution in [3.8, 4) is 0 Å². The van der Waals surface area contributed by atoms with Gasteiger partial charge in [0.05, 0.1) is 10.4 Å². The quantitative estimate of drug-likeness (QED) is 0.795. The second-order valence-electron chi connectivity index (χ2n) is 5.81. The summed E-state index contributed by atoms with van der Waals surface area (Å²) in [6.07, 6.45) is 4.27. The largest absolute Gasteiger partial charge is 0.307 e. The molecular weight excluding hydrogens is 307 g/mol. The minimum Gasteiger partial charge on any atom is -0.307 e. The lowest BCUT2D eigenvalue weighted by Gasteiger charge is -2.23. The maximum Gasteiger partial charge on any atom is 0.160 e. The molecule has 0 radical (unpaired) electrons. The van der Waals surface area contributed by atoms with Crippen LogP contribution in [0.3, 0.4) is 0 Å². The minimum atomic E-state index is -0.154. The molecule has 0 N–H and O–H groups in total. The van der Waals surface area contributed by atoms with E-state index in [0.717, 1.165) is 23.5 Å². The van der Waals surface area contributed by atoms with Gasteiger partial charge in [0.2, 0.25) is 0 Å². The first-order valence-corrected chi connectivity index (χ1v) is 8.27. The third-order valence-electron chi connectivity index (χ3n) is 4.04. The lowest BCUT2D eigenvalue weighted by atomic mass is 10.3. The summed E-state index contributed by atoms with van der Waals surface area (Å²) in [5.41, 5.74) is 1.69. The SMILES string of the molecule is CC(Cl)c1nc2cc(Cl)cnc2n1C(C)CN1CCCC1. The van der Waals surface area contributed by atoms with Crippen LogP contribution in [-0.2, 0) is 0 Å². The number of nitrogens with zero attached hydrogens (tertiary/aromatic N) is 4. The van der Waals surface area contributed by atoms with Gasteiger partial charge in [-0.15, -0.1) is 11.6 Å². The Hall–Kier alpha value is -0.840. The van der Waals surface area contributed by atoms with E-state index in [1.54, 1.807) is 6.20 Å². The van der Waals surface area contributed by atoms with Crippen molar-refractivity contribution in [3.63, 3.8) is 0 Å². The van der Waals surface area contributed by atoms with E-state index in [1.165, 1.54) is 25.9 Å². The van der Waals surface area contributed by atoms with E-state index < -0.39 is 0 Å². The predicted molar refractivity (Wildman–Crippen MR) is 87.2 cm³/mol. The summed E-state index contributed by atoms with van der Waals surface area (Å²) in [5.74, 6) is 0.869. The van der Waals surface area contributed by atoms with E-state index in [1.807, 2.05) is 13.0 Å². The molecule has 3 rings (SSSR count). The van der Waals surface area contributed by atoms with Crippen molar-refractivity contribution in [1.29, 1.82) is 0 Å². The molecule has 0 amide bonds. The molecule has 0 saturated carbocycles. The number of alkyl halides is 1. The lowest BCUT2D eigenvalue weighted by Crippen LogP contribution is -2.28. The van der Waals surface area contributed by atoms with Crippen LogP contribution in [0.15, 0.2) is 12.3 Å². The third kappa shape index (κ3) is 3.03. The molecule has 2 atom stereocenters. The van der Waals surface area contributed by atoms with Crippen LogP contribution < -0.4 is 0 Å². The normalized spacial score (nSPS) is 19.2. The Morgan fingerprint density at radius 1 is 1.29 bits per heavy atom. The first-order chi connectivity index (χ1) is 10.1. The van der Waals surface area contributed by atoms with E-state index >= 15 is 0 Å². The van der Waals surface area contributed by atoms with Crippen molar-refractivity contribution in [3.05, 3.63) is 23.1 Å². The molecule has 2 aromatic rings. The number of hydrogen-bond donors (Lipinski definition) is 0. The Bertz CT molecular complexity index is 632. The zero-order valence-corrected chi connectivity index (χ0v) is 13.9. The average Bonchev–Trinajstić information content (AvgIpc) is 3.04. The minimum absolute atomic E-state index is 0.154. The van der Waals surface area contributed by atoms with Gasteiger partial charge >= 0.3 is 0 Å². The molecule has 3 heterocycles. The van der Waals surface area contributed by atoms with Gasteiger partial charge in [-0.3, -0.25) is 0 Å². The van der Waals surface area contributed by atoms with Crippen LogP contribution >= 0.6 is 23.2 Å². The zero-order valence-electron chi connectivity index (χ0n) is 12.4. The predicted octanol–water partition coefficient (Wildman–Crippen LogP) is 4.04. The fourth-order valence-corrected chi connectivity index (χ4v) is 3.42. The average molecular weight is 327 g/mol. The van der Waals surface area contributed by atoms with Crippen LogP contribution in [0.5, 0.6) is 0 Å². The van der Waals surface area contributed by atoms with E-state index in [9.17, 15) is 0 Å². The highest BCUT2D eigenvalue weighted by atomic mass is 35.5. The van der Waals surface area contributed by atoms with Crippen LogP contribution in [0.2, 0.25) is 5.02 Å². The maximum absolute atomic E-state index is 6.32. The van der Waals surface area contributed by atoms with Gasteiger partial charge in [-0.05, 0) is 45.8 Å². The lowest BCUT2D eigenvalue weighted by molar-refractivity contribution is 0.287. The number of aromatic nitrogens is 3. The highest BCUT2D eigenvalue weighted by Crippen LogP contribution is 2.29. The molecule has 6 heteroatoms. The van der Waals surface area contributed by atoms with Gasteiger partial charge < -0.3 is 9.47 Å². The molecule has 1 saturated heterocycles. The van der Waals surface area contributed by atoms with Crippen LogP contribution in [0.4, 0.5) is 0 Å². The van der Waals surface area contributed by atoms with Crippen molar-refractivity contribution in [2.75, 3.05) is 19.6 Å². The molecule has 114 valence electrons. The Labute approximate surface area is 135 Å². The summed E-state index contributed by atoms with van der Waals surface area (Å²) in [5, 5.41) is 0.451. The Kier molecular flexibility index (Phi) is 4.38. The molecule has 1 aliphatic heterocycles. The fourth-order valence-electron chi connectivity index (χ4n) is 3.11. The van der Waals surface area contributed by atoms with Gasteiger partial charge in [0.1, 0.15) is 11.3 Å². The summed E-state index contributed by atoms with van der Waals surface area (Å²) < 4.78 is 2.17. The molecule has 0 aliphatic carbocycles. The maximum atomic E-state index is 6.32. The van der Waals surface area contributed by atoms with E-state index in [2.05, 4.69) is 26.4 Å². The molecular formula is C15H20Cl2N4. The Morgan fingerprint density at radius 3 is 2.67 bits per heavy atom. The number of fused-ring (bicyclic) bond motifs is 1. The first kappa shape index (κ1) is 15.1. The summed E-state index contributed by atoms with van der Waals surface area (Å²) in [7, 11) is 0. The van der Waals surface area contributed by atoms with E-state index in [-0.39, 0.29) is 11.4 Å². The van der Waals surface area contributed by atoms with E-state index in [0.29, 0.717) is 5.02 Å². The third-order valence-corrected chi connectivity index (χ3v) is 4.44. The van der Waals surface area contributed by atoms with Gasteiger partial charge in [0.25, 0.3) is 0 Å². The molecule has 2 unspecified atom stereocenters. The van der Waals surface area contributed by atoms with Crippen molar-refractivity contribution in [1.82, 2.24) is 19.4 Å². The van der Waals surface area contributed by atoms with Crippen LogP contribution in [-0.4, -0.2) is 39.1 Å². The molecule has 21 heavy (non-hydrogen) atoms. The second kappa shape index (κ2) is 6.11. The molecule has 0 aromatic carbocycles. The molecule has 4 nitrogen and oxygen atoms in total. The van der Waals surface area contributed by atoms with Gasteiger partial charge in [-0.2, -0.15) is 0 Å². The van der Waals surface area contributed by atoms with Gasteiger partial charge in [-0.25, -0.2) is 9.97 Å². The number of hydrogen-bond acceptors (Lipinski definition) is 3. The Balaban J connectivity index is 1.99. The fraction of sp³-hybridized carbons (Fsp3) is 0.600. The standard InChI is InChI=1S/C15H20Cl2N4/c1-10(9-20-5-3-4-6-20)21-14(11(2)16)19-13-7-12(17)8-18-15(13)21/h7-8,10-11H,3-6,9H2,1-2H3. The summed E-state index contributed by atoms with van der Waals surface area (Å²) in [4.78, 5) is 11.6. The molecule has 0 bridgehead atoms.